The molecule has 0 aliphatic carbocycles. The molecule has 0 saturated carbocycles. The number of amides is 1. The van der Waals surface area contributed by atoms with Crippen LogP contribution in [0.1, 0.15) is 18.4 Å². The standard InChI is InChI=1S/C17H15N3O7/c21-16(18-13-2-1-3-15(10-13)20(25)26)8-9-17(22)27-11-12-4-6-14(7-5-12)19(23)24/h1-7,10H,8-9,11H2,(H,18,21). The molecule has 10 heteroatoms. The molecule has 2 aromatic carbocycles. The molecule has 2 aromatic rings. The van der Waals surface area contributed by atoms with E-state index in [0.29, 0.717) is 5.56 Å². The molecule has 0 aliphatic rings. The van der Waals surface area contributed by atoms with Crippen molar-refractivity contribution in [3.8, 4) is 0 Å². The maximum absolute atomic E-state index is 11.8. The lowest BCUT2D eigenvalue weighted by Gasteiger charge is -2.06. The minimum atomic E-state index is -0.609. The van der Waals surface area contributed by atoms with Gasteiger partial charge in [-0.1, -0.05) is 6.07 Å². The van der Waals surface area contributed by atoms with E-state index in [1.165, 1.54) is 48.5 Å². The van der Waals surface area contributed by atoms with Crippen molar-refractivity contribution in [2.75, 3.05) is 5.32 Å². The first-order chi connectivity index (χ1) is 12.8. The van der Waals surface area contributed by atoms with Crippen molar-refractivity contribution >= 4 is 28.9 Å². The Morgan fingerprint density at radius 3 is 2.22 bits per heavy atom. The van der Waals surface area contributed by atoms with Gasteiger partial charge in [0, 0.05) is 36.4 Å². The first-order valence-corrected chi connectivity index (χ1v) is 7.78. The summed E-state index contributed by atoms with van der Waals surface area (Å²) in [6.45, 7) is -0.0661. The molecule has 140 valence electrons. The predicted molar refractivity (Wildman–Crippen MR) is 93.9 cm³/mol. The van der Waals surface area contributed by atoms with Crippen LogP contribution in [0.5, 0.6) is 0 Å². The second-order valence-electron chi connectivity index (χ2n) is 5.44. The summed E-state index contributed by atoms with van der Waals surface area (Å²) in [7, 11) is 0. The number of nitrogens with zero attached hydrogens (tertiary/aromatic N) is 2. The Morgan fingerprint density at radius 1 is 0.926 bits per heavy atom. The smallest absolute Gasteiger partial charge is 0.306 e. The summed E-state index contributed by atoms with van der Waals surface area (Å²) in [6.07, 6.45) is -0.324. The third kappa shape index (κ3) is 6.20. The van der Waals surface area contributed by atoms with Crippen molar-refractivity contribution in [3.63, 3.8) is 0 Å². The molecule has 0 atom stereocenters. The third-order valence-corrected chi connectivity index (χ3v) is 3.44. The molecule has 0 aromatic heterocycles. The van der Waals surface area contributed by atoms with Crippen LogP contribution < -0.4 is 5.32 Å². The normalized spacial score (nSPS) is 10.1. The molecule has 0 fully saturated rings. The number of carbonyl (C=O) groups is 2. The Balaban J connectivity index is 1.76. The van der Waals surface area contributed by atoms with Gasteiger partial charge in [0.25, 0.3) is 11.4 Å². The maximum atomic E-state index is 11.8. The lowest BCUT2D eigenvalue weighted by molar-refractivity contribution is -0.385. The molecule has 2 rings (SSSR count). The number of ether oxygens (including phenoxy) is 1. The number of benzene rings is 2. The van der Waals surface area contributed by atoms with Gasteiger partial charge in [-0.3, -0.25) is 29.8 Å². The summed E-state index contributed by atoms with van der Waals surface area (Å²) < 4.78 is 5.00. The highest BCUT2D eigenvalue weighted by Crippen LogP contribution is 2.17. The molecule has 27 heavy (non-hydrogen) atoms. The van der Waals surface area contributed by atoms with Crippen molar-refractivity contribution < 1.29 is 24.2 Å². The predicted octanol–water partition coefficient (Wildman–Crippen LogP) is 2.97. The molecule has 1 N–H and O–H groups in total. The first-order valence-electron chi connectivity index (χ1n) is 7.78. The summed E-state index contributed by atoms with van der Waals surface area (Å²) in [5.74, 6) is -1.09. The van der Waals surface area contributed by atoms with E-state index in [1.54, 1.807) is 0 Å². The number of esters is 1. The number of nitro groups is 2. The lowest BCUT2D eigenvalue weighted by Crippen LogP contribution is -2.14. The van der Waals surface area contributed by atoms with E-state index in [1.807, 2.05) is 0 Å². The van der Waals surface area contributed by atoms with Crippen LogP contribution in [0.25, 0.3) is 0 Å². The van der Waals surface area contributed by atoms with Gasteiger partial charge in [-0.15, -0.1) is 0 Å². The summed E-state index contributed by atoms with van der Waals surface area (Å²) in [5, 5.41) is 23.7. The van der Waals surface area contributed by atoms with Gasteiger partial charge in [0.15, 0.2) is 0 Å². The fraction of sp³-hybridized carbons (Fsp3) is 0.176. The van der Waals surface area contributed by atoms with Gasteiger partial charge in [0.1, 0.15) is 6.61 Å². The summed E-state index contributed by atoms with van der Waals surface area (Å²) >= 11 is 0. The minimum absolute atomic E-state index is 0.0661. The van der Waals surface area contributed by atoms with Gasteiger partial charge in [-0.05, 0) is 23.8 Å². The summed E-state index contributed by atoms with van der Waals surface area (Å²) in [6, 6.07) is 11.0. The highest BCUT2D eigenvalue weighted by Gasteiger charge is 2.11. The fourth-order valence-corrected chi connectivity index (χ4v) is 2.09. The van der Waals surface area contributed by atoms with E-state index in [9.17, 15) is 29.8 Å². The number of hydrogen-bond donors (Lipinski definition) is 1. The van der Waals surface area contributed by atoms with E-state index < -0.39 is 21.7 Å². The minimum Gasteiger partial charge on any atom is -0.461 e. The maximum Gasteiger partial charge on any atom is 0.306 e. The SMILES string of the molecule is O=C(CCC(=O)OCc1ccc([N+](=O)[O-])cc1)Nc1cccc([N+](=O)[O-])c1. The Morgan fingerprint density at radius 2 is 1.59 bits per heavy atom. The van der Waals surface area contributed by atoms with E-state index >= 15 is 0 Å². The van der Waals surface area contributed by atoms with Gasteiger partial charge in [-0.25, -0.2) is 0 Å². The first kappa shape index (κ1) is 19.5. The average molecular weight is 373 g/mol. The zero-order chi connectivity index (χ0) is 19.8. The number of nitro benzene ring substituents is 2. The quantitative estimate of drug-likeness (QED) is 0.426. The number of carbonyl (C=O) groups excluding carboxylic acids is 2. The van der Waals surface area contributed by atoms with E-state index in [0.717, 1.165) is 0 Å². The number of nitrogens with one attached hydrogen (secondary N) is 1. The second-order valence-corrected chi connectivity index (χ2v) is 5.44. The Hall–Kier alpha value is -3.82. The molecule has 0 aliphatic heterocycles. The molecule has 0 radical (unpaired) electrons. The molecular formula is C17H15N3O7. The zero-order valence-electron chi connectivity index (χ0n) is 14.0. The number of hydrogen-bond acceptors (Lipinski definition) is 7. The Bertz CT molecular complexity index is 865. The van der Waals surface area contributed by atoms with Crippen LogP contribution in [0.15, 0.2) is 48.5 Å². The number of non-ortho nitro benzene ring substituents is 2. The van der Waals surface area contributed by atoms with E-state index in [4.69, 9.17) is 4.74 Å². The van der Waals surface area contributed by atoms with Crippen molar-refractivity contribution in [1.29, 1.82) is 0 Å². The van der Waals surface area contributed by atoms with Gasteiger partial charge in [0.2, 0.25) is 5.91 Å². The lowest BCUT2D eigenvalue weighted by atomic mass is 10.2. The van der Waals surface area contributed by atoms with Crippen LogP contribution in [0.2, 0.25) is 0 Å². The average Bonchev–Trinajstić information content (AvgIpc) is 2.65. The van der Waals surface area contributed by atoms with Crippen LogP contribution in [0, 0.1) is 20.2 Å². The van der Waals surface area contributed by atoms with Crippen LogP contribution >= 0.6 is 0 Å². The Labute approximate surface area is 153 Å². The fourth-order valence-electron chi connectivity index (χ4n) is 2.09. The molecule has 0 bridgehead atoms. The van der Waals surface area contributed by atoms with Gasteiger partial charge in [-0.2, -0.15) is 0 Å². The van der Waals surface area contributed by atoms with Crippen LogP contribution in [0.4, 0.5) is 17.1 Å². The van der Waals surface area contributed by atoms with E-state index in [-0.39, 0.29) is 36.5 Å². The highest BCUT2D eigenvalue weighted by atomic mass is 16.6. The molecule has 0 spiro atoms. The highest BCUT2D eigenvalue weighted by molar-refractivity contribution is 5.92. The molecule has 0 heterocycles. The third-order valence-electron chi connectivity index (χ3n) is 3.44. The number of anilines is 1. The summed E-state index contributed by atoms with van der Waals surface area (Å²) in [4.78, 5) is 43.7. The van der Waals surface area contributed by atoms with Crippen molar-refractivity contribution in [2.24, 2.45) is 0 Å². The second kappa shape index (κ2) is 9.04. The zero-order valence-corrected chi connectivity index (χ0v) is 14.0. The topological polar surface area (TPSA) is 142 Å². The molecule has 0 saturated heterocycles. The molecular weight excluding hydrogens is 358 g/mol. The molecule has 1 amide bonds. The van der Waals surface area contributed by atoms with Gasteiger partial charge < -0.3 is 10.1 Å². The monoisotopic (exact) mass is 373 g/mol. The van der Waals surface area contributed by atoms with Crippen molar-refractivity contribution in [1.82, 2.24) is 0 Å². The van der Waals surface area contributed by atoms with Gasteiger partial charge >= 0.3 is 5.97 Å². The molecule has 0 unspecified atom stereocenters. The van der Waals surface area contributed by atoms with Crippen LogP contribution in [-0.2, 0) is 20.9 Å². The largest absolute Gasteiger partial charge is 0.461 e. The number of rotatable bonds is 8. The van der Waals surface area contributed by atoms with E-state index in [2.05, 4.69) is 5.32 Å². The summed E-state index contributed by atoms with van der Waals surface area (Å²) in [5.41, 5.74) is 0.613. The van der Waals surface area contributed by atoms with Crippen LogP contribution in [0.3, 0.4) is 0 Å². The Kier molecular flexibility index (Phi) is 6.53. The van der Waals surface area contributed by atoms with Gasteiger partial charge in [0.05, 0.1) is 16.3 Å². The van der Waals surface area contributed by atoms with Crippen molar-refractivity contribution in [3.05, 3.63) is 74.3 Å². The van der Waals surface area contributed by atoms with Crippen LogP contribution in [-0.4, -0.2) is 21.7 Å². The molecule has 10 nitrogen and oxygen atoms in total. The van der Waals surface area contributed by atoms with Crippen molar-refractivity contribution in [2.45, 2.75) is 19.4 Å².